The van der Waals surface area contributed by atoms with Gasteiger partial charge in [0.1, 0.15) is 0 Å². The van der Waals surface area contributed by atoms with Crippen LogP contribution in [0.5, 0.6) is 0 Å². The van der Waals surface area contributed by atoms with Crippen molar-refractivity contribution in [2.75, 3.05) is 11.2 Å². The van der Waals surface area contributed by atoms with Crippen molar-refractivity contribution in [3.63, 3.8) is 0 Å². The van der Waals surface area contributed by atoms with Crippen molar-refractivity contribution in [3.05, 3.63) is 16.9 Å². The van der Waals surface area contributed by atoms with Crippen LogP contribution in [-0.4, -0.2) is 26.3 Å². The van der Waals surface area contributed by atoms with Crippen molar-refractivity contribution in [1.82, 2.24) is 19.9 Å². The predicted octanol–water partition coefficient (Wildman–Crippen LogP) is -0.104. The minimum atomic E-state index is 0.344. The molecule has 7 nitrogen and oxygen atoms in total. The molecule has 0 saturated heterocycles. The normalized spacial score (nSPS) is 10.3. The number of hydrogen-bond acceptors (Lipinski definition) is 7. The van der Waals surface area contributed by atoms with Crippen molar-refractivity contribution in [1.29, 1.82) is 0 Å². The standard InChI is InChI=1S/C7H8N6OS2/c8-13-5(11-12-7(13)15)1-4-2-16-6(10-4)9-3-14/h2-3H,1,8H2,(H,12,15)(H,9,10,14). The minimum absolute atomic E-state index is 0.344. The first-order chi connectivity index (χ1) is 7.70. The van der Waals surface area contributed by atoms with Gasteiger partial charge in [-0.25, -0.2) is 9.66 Å². The summed E-state index contributed by atoms with van der Waals surface area (Å²) >= 11 is 5.35. The molecule has 3 N–H and O–H groups in total. The van der Waals surface area contributed by atoms with Gasteiger partial charge < -0.3 is 11.2 Å². The highest BCUT2D eigenvalue weighted by Crippen LogP contribution is 2.16. The molecule has 0 unspecified atom stereocenters. The molecule has 16 heavy (non-hydrogen) atoms. The van der Waals surface area contributed by atoms with Crippen LogP contribution in [-0.2, 0) is 11.2 Å². The van der Waals surface area contributed by atoms with E-state index >= 15 is 0 Å². The Balaban J connectivity index is 2.14. The number of carbonyl (C=O) groups is 1. The van der Waals surface area contributed by atoms with Gasteiger partial charge in [-0.1, -0.05) is 0 Å². The molecule has 0 aliphatic carbocycles. The van der Waals surface area contributed by atoms with Crippen LogP contribution in [0.25, 0.3) is 0 Å². The average molecular weight is 256 g/mol. The number of nitrogen functional groups attached to an aromatic ring is 1. The molecule has 2 aromatic rings. The molecule has 1 amide bonds. The minimum Gasteiger partial charge on any atom is -0.336 e. The number of thiazole rings is 1. The largest absolute Gasteiger partial charge is 0.336 e. The Morgan fingerprint density at radius 2 is 2.44 bits per heavy atom. The predicted molar refractivity (Wildman–Crippen MR) is 62.0 cm³/mol. The van der Waals surface area contributed by atoms with E-state index in [1.165, 1.54) is 16.0 Å². The third-order valence-electron chi connectivity index (χ3n) is 1.82. The second-order valence-corrected chi connectivity index (χ2v) is 4.13. The molecule has 0 fully saturated rings. The molecule has 0 bridgehead atoms. The summed E-state index contributed by atoms with van der Waals surface area (Å²) in [4.78, 5) is 14.4. The molecule has 0 aliphatic heterocycles. The number of nitrogens with one attached hydrogen (secondary N) is 1. The van der Waals surface area contributed by atoms with E-state index in [9.17, 15) is 4.79 Å². The number of nitrogens with zero attached hydrogens (tertiary/aromatic N) is 4. The molecule has 0 atom stereocenters. The molecule has 0 saturated carbocycles. The highest BCUT2D eigenvalue weighted by molar-refractivity contribution is 7.80. The van der Waals surface area contributed by atoms with E-state index in [4.69, 9.17) is 5.84 Å². The molecule has 2 heterocycles. The maximum atomic E-state index is 10.2. The van der Waals surface area contributed by atoms with Crippen molar-refractivity contribution in [2.45, 2.75) is 11.6 Å². The Hall–Kier alpha value is -1.61. The van der Waals surface area contributed by atoms with Crippen molar-refractivity contribution >= 4 is 35.5 Å². The first-order valence-corrected chi connectivity index (χ1v) is 5.56. The molecular formula is C7H8N6OS2. The Kier molecular flexibility index (Phi) is 3.06. The third kappa shape index (κ3) is 2.14. The maximum absolute atomic E-state index is 10.2. The molecule has 2 aromatic heterocycles. The Morgan fingerprint density at radius 1 is 1.62 bits per heavy atom. The number of thiol groups is 1. The zero-order valence-corrected chi connectivity index (χ0v) is 9.70. The van der Waals surface area contributed by atoms with E-state index in [1.807, 2.05) is 5.38 Å². The lowest BCUT2D eigenvalue weighted by molar-refractivity contribution is -0.105. The number of aromatic nitrogens is 4. The van der Waals surface area contributed by atoms with Crippen molar-refractivity contribution in [2.24, 2.45) is 0 Å². The lowest BCUT2D eigenvalue weighted by atomic mass is 10.3. The van der Waals surface area contributed by atoms with E-state index in [0.29, 0.717) is 28.9 Å². The monoisotopic (exact) mass is 256 g/mol. The molecule has 0 aliphatic rings. The molecule has 0 radical (unpaired) electrons. The van der Waals surface area contributed by atoms with Crippen LogP contribution < -0.4 is 11.2 Å². The number of amides is 1. The molecular weight excluding hydrogens is 248 g/mol. The van der Waals surface area contributed by atoms with Crippen LogP contribution in [0.15, 0.2) is 10.5 Å². The smallest absolute Gasteiger partial charge is 0.213 e. The van der Waals surface area contributed by atoms with E-state index in [-0.39, 0.29) is 0 Å². The van der Waals surface area contributed by atoms with Gasteiger partial charge in [-0.2, -0.15) is 0 Å². The quantitative estimate of drug-likeness (QED) is 0.403. The van der Waals surface area contributed by atoms with Crippen LogP contribution >= 0.6 is 24.0 Å². The van der Waals surface area contributed by atoms with E-state index in [2.05, 4.69) is 33.1 Å². The van der Waals surface area contributed by atoms with Crippen molar-refractivity contribution in [3.8, 4) is 0 Å². The molecule has 9 heteroatoms. The highest BCUT2D eigenvalue weighted by Gasteiger charge is 2.09. The summed E-state index contributed by atoms with van der Waals surface area (Å²) in [6.45, 7) is 0. The van der Waals surface area contributed by atoms with Gasteiger partial charge in [-0.05, 0) is 0 Å². The summed E-state index contributed by atoms with van der Waals surface area (Å²) in [7, 11) is 0. The van der Waals surface area contributed by atoms with Gasteiger partial charge in [0, 0.05) is 5.38 Å². The fraction of sp³-hybridized carbons (Fsp3) is 0.143. The number of hydrogen-bond donors (Lipinski definition) is 3. The van der Waals surface area contributed by atoms with Crippen LogP contribution in [0, 0.1) is 0 Å². The van der Waals surface area contributed by atoms with Gasteiger partial charge in [-0.15, -0.1) is 34.2 Å². The second kappa shape index (κ2) is 4.49. The summed E-state index contributed by atoms with van der Waals surface area (Å²) in [5.41, 5.74) is 0.766. The number of nitrogens with two attached hydrogens (primary N) is 1. The Bertz CT molecular complexity index is 507. The van der Waals surface area contributed by atoms with Gasteiger partial charge >= 0.3 is 0 Å². The molecule has 0 aromatic carbocycles. The lowest BCUT2D eigenvalue weighted by Gasteiger charge is -1.97. The fourth-order valence-electron chi connectivity index (χ4n) is 1.10. The summed E-state index contributed by atoms with van der Waals surface area (Å²) in [5.74, 6) is 6.20. The maximum Gasteiger partial charge on any atom is 0.213 e. The summed E-state index contributed by atoms with van der Waals surface area (Å²) in [6, 6.07) is 0. The topological polar surface area (TPSA) is 98.7 Å². The summed E-state index contributed by atoms with van der Waals surface area (Å²) in [6.07, 6.45) is 1.03. The van der Waals surface area contributed by atoms with Crippen LogP contribution in [0.4, 0.5) is 5.13 Å². The zero-order chi connectivity index (χ0) is 11.5. The molecule has 2 rings (SSSR count). The Labute approximate surface area is 100 Å². The first kappa shape index (κ1) is 10.9. The van der Waals surface area contributed by atoms with E-state index in [1.54, 1.807) is 0 Å². The zero-order valence-electron chi connectivity index (χ0n) is 7.99. The SMILES string of the molecule is Nn1c(S)nnc1Cc1csc(NC=O)n1. The lowest BCUT2D eigenvalue weighted by Crippen LogP contribution is -2.13. The number of rotatable bonds is 4. The van der Waals surface area contributed by atoms with Crippen LogP contribution in [0.1, 0.15) is 11.5 Å². The second-order valence-electron chi connectivity index (χ2n) is 2.87. The van der Waals surface area contributed by atoms with Crippen LogP contribution in [0.3, 0.4) is 0 Å². The average Bonchev–Trinajstić information content (AvgIpc) is 2.82. The number of anilines is 1. The molecule has 0 spiro atoms. The summed E-state index contributed by atoms with van der Waals surface area (Å²) < 4.78 is 1.29. The van der Waals surface area contributed by atoms with E-state index in [0.717, 1.165) is 5.69 Å². The first-order valence-electron chi connectivity index (χ1n) is 4.23. The van der Waals surface area contributed by atoms with Gasteiger partial charge in [0.25, 0.3) is 0 Å². The number of carbonyl (C=O) groups excluding carboxylic acids is 1. The van der Waals surface area contributed by atoms with Gasteiger partial charge in [-0.3, -0.25) is 4.79 Å². The van der Waals surface area contributed by atoms with Gasteiger partial charge in [0.15, 0.2) is 11.0 Å². The van der Waals surface area contributed by atoms with Gasteiger partial charge in [0.05, 0.1) is 12.1 Å². The van der Waals surface area contributed by atoms with Gasteiger partial charge in [0.2, 0.25) is 11.6 Å². The van der Waals surface area contributed by atoms with Crippen LogP contribution in [0.2, 0.25) is 0 Å². The van der Waals surface area contributed by atoms with E-state index < -0.39 is 0 Å². The Morgan fingerprint density at radius 3 is 3.06 bits per heavy atom. The molecule has 84 valence electrons. The van der Waals surface area contributed by atoms with Crippen molar-refractivity contribution < 1.29 is 4.79 Å². The fourth-order valence-corrected chi connectivity index (χ4v) is 1.93. The highest BCUT2D eigenvalue weighted by atomic mass is 32.1. The third-order valence-corrected chi connectivity index (χ3v) is 2.95. The summed E-state index contributed by atoms with van der Waals surface area (Å²) in [5, 5.41) is 12.7.